The third-order valence-corrected chi connectivity index (χ3v) is 7.90. The average molecular weight is 523 g/mol. The molecular weight excluding hydrogens is 480 g/mol. The largest absolute Gasteiger partial charge is 0.488 e. The van der Waals surface area contributed by atoms with Crippen LogP contribution in [0.5, 0.6) is 5.75 Å². The maximum absolute atomic E-state index is 13.4. The number of carbonyl (C=O) groups is 2. The molecule has 1 aliphatic heterocycles. The summed E-state index contributed by atoms with van der Waals surface area (Å²) in [6.07, 6.45) is 9.73. The molecule has 1 aromatic carbocycles. The van der Waals surface area contributed by atoms with Crippen molar-refractivity contribution in [2.45, 2.75) is 64.5 Å². The van der Waals surface area contributed by atoms with E-state index >= 15 is 0 Å². The second-order valence-corrected chi connectivity index (χ2v) is 11.1. The lowest BCUT2D eigenvalue weighted by atomic mass is 9.89. The number of anilines is 1. The number of aliphatic hydroxyl groups is 1. The molecule has 38 heavy (non-hydrogen) atoms. The van der Waals surface area contributed by atoms with Gasteiger partial charge in [-0.15, -0.1) is 0 Å². The van der Waals surface area contributed by atoms with E-state index in [0.717, 1.165) is 24.6 Å². The monoisotopic (exact) mass is 522 g/mol. The van der Waals surface area contributed by atoms with E-state index in [-0.39, 0.29) is 42.9 Å². The van der Waals surface area contributed by atoms with Crippen molar-refractivity contribution in [1.29, 1.82) is 0 Å². The summed E-state index contributed by atoms with van der Waals surface area (Å²) >= 11 is 0. The third kappa shape index (κ3) is 7.32. The van der Waals surface area contributed by atoms with E-state index in [0.29, 0.717) is 23.5 Å². The molecule has 0 radical (unpaired) electrons. The lowest BCUT2D eigenvalue weighted by Gasteiger charge is -2.35. The van der Waals surface area contributed by atoms with Crippen molar-refractivity contribution in [2.75, 3.05) is 38.6 Å². The van der Waals surface area contributed by atoms with Crippen molar-refractivity contribution in [3.8, 4) is 5.75 Å². The standard InChI is InChI=1S/C30H42N4O4/c1-21-17-34(22(2)20-35)29(36)16-25-15-26(32-30(37)24-11-13-31-14-12-24)9-10-27(25)38-28(21)19-33(3)18-23-7-5-4-6-8-23/h9-15,21-23,28,35H,4-8,16-20H2,1-3H3,(H,32,37)/t21-,22-,28+/m1/s1. The first-order valence-electron chi connectivity index (χ1n) is 13.9. The minimum Gasteiger partial charge on any atom is -0.488 e. The van der Waals surface area contributed by atoms with Gasteiger partial charge in [0.15, 0.2) is 0 Å². The van der Waals surface area contributed by atoms with Crippen molar-refractivity contribution in [1.82, 2.24) is 14.8 Å². The van der Waals surface area contributed by atoms with Crippen LogP contribution in [0.25, 0.3) is 0 Å². The summed E-state index contributed by atoms with van der Waals surface area (Å²) in [5, 5.41) is 12.8. The molecule has 0 spiro atoms. The van der Waals surface area contributed by atoms with Crippen molar-refractivity contribution >= 4 is 17.5 Å². The zero-order valence-electron chi connectivity index (χ0n) is 22.9. The second kappa shape index (κ2) is 13.2. The van der Waals surface area contributed by atoms with Gasteiger partial charge in [-0.05, 0) is 63.1 Å². The highest BCUT2D eigenvalue weighted by atomic mass is 16.5. The van der Waals surface area contributed by atoms with Gasteiger partial charge in [-0.3, -0.25) is 14.6 Å². The molecule has 3 atom stereocenters. The van der Waals surface area contributed by atoms with E-state index in [4.69, 9.17) is 4.74 Å². The fourth-order valence-corrected chi connectivity index (χ4v) is 5.62. The van der Waals surface area contributed by atoms with Gasteiger partial charge in [0, 0.05) is 54.8 Å². The van der Waals surface area contributed by atoms with Crippen LogP contribution in [0, 0.1) is 11.8 Å². The van der Waals surface area contributed by atoms with Crippen molar-refractivity contribution in [2.24, 2.45) is 11.8 Å². The Hall–Kier alpha value is -2.97. The Kier molecular flexibility index (Phi) is 9.74. The van der Waals surface area contributed by atoms with Gasteiger partial charge in [0.25, 0.3) is 5.91 Å². The Morgan fingerprint density at radius 2 is 1.92 bits per heavy atom. The van der Waals surface area contributed by atoms with Gasteiger partial charge in [-0.1, -0.05) is 26.2 Å². The maximum Gasteiger partial charge on any atom is 0.255 e. The number of nitrogens with one attached hydrogen (secondary N) is 1. The number of likely N-dealkylation sites (N-methyl/N-ethyl adjacent to an activating group) is 1. The maximum atomic E-state index is 13.4. The van der Waals surface area contributed by atoms with Crippen molar-refractivity contribution < 1.29 is 19.4 Å². The number of hydrogen-bond acceptors (Lipinski definition) is 6. The van der Waals surface area contributed by atoms with Crippen LogP contribution in [0.4, 0.5) is 5.69 Å². The fraction of sp³-hybridized carbons (Fsp3) is 0.567. The highest BCUT2D eigenvalue weighted by Gasteiger charge is 2.31. The Labute approximate surface area is 226 Å². The Morgan fingerprint density at radius 1 is 1.18 bits per heavy atom. The van der Waals surface area contributed by atoms with E-state index < -0.39 is 0 Å². The summed E-state index contributed by atoms with van der Waals surface area (Å²) in [6.45, 7) is 6.22. The summed E-state index contributed by atoms with van der Waals surface area (Å²) in [6, 6.07) is 8.53. The summed E-state index contributed by atoms with van der Waals surface area (Å²) in [4.78, 5) is 34.3. The number of amides is 2. The first-order chi connectivity index (χ1) is 18.3. The first-order valence-corrected chi connectivity index (χ1v) is 13.9. The molecule has 0 unspecified atom stereocenters. The molecule has 0 bridgehead atoms. The van der Waals surface area contributed by atoms with Crippen molar-refractivity contribution in [3.63, 3.8) is 0 Å². The normalized spacial score (nSPS) is 21.6. The van der Waals surface area contributed by atoms with Crippen molar-refractivity contribution in [3.05, 3.63) is 53.9 Å². The number of ether oxygens (including phenoxy) is 1. The molecule has 2 amide bonds. The highest BCUT2D eigenvalue weighted by Crippen LogP contribution is 2.30. The number of pyridine rings is 1. The Morgan fingerprint density at radius 3 is 2.63 bits per heavy atom. The zero-order chi connectivity index (χ0) is 27.1. The van der Waals surface area contributed by atoms with E-state index in [1.165, 1.54) is 32.1 Å². The number of benzene rings is 1. The smallest absolute Gasteiger partial charge is 0.255 e. The molecule has 2 heterocycles. The lowest BCUT2D eigenvalue weighted by Crippen LogP contribution is -2.48. The first kappa shape index (κ1) is 28.0. The Balaban J connectivity index is 1.57. The van der Waals surface area contributed by atoms with Gasteiger partial charge >= 0.3 is 0 Å². The molecule has 2 aromatic rings. The number of rotatable bonds is 8. The van der Waals surface area contributed by atoms with Gasteiger partial charge in [0.05, 0.1) is 19.1 Å². The summed E-state index contributed by atoms with van der Waals surface area (Å²) in [7, 11) is 2.16. The Bertz CT molecular complexity index is 1070. The molecule has 8 nitrogen and oxygen atoms in total. The summed E-state index contributed by atoms with van der Waals surface area (Å²) in [5.41, 5.74) is 1.84. The van der Waals surface area contributed by atoms with E-state index in [1.807, 2.05) is 25.1 Å². The lowest BCUT2D eigenvalue weighted by molar-refractivity contribution is -0.134. The van der Waals surface area contributed by atoms with E-state index in [1.54, 1.807) is 29.4 Å². The topological polar surface area (TPSA) is 95.0 Å². The molecule has 2 aliphatic rings. The van der Waals surface area contributed by atoms with Gasteiger partial charge in [-0.2, -0.15) is 0 Å². The van der Waals surface area contributed by atoms with Crippen LogP contribution in [-0.4, -0.2) is 77.1 Å². The molecule has 2 N–H and O–H groups in total. The molecule has 4 rings (SSSR count). The van der Waals surface area contributed by atoms with Gasteiger partial charge in [0.1, 0.15) is 11.9 Å². The molecular formula is C30H42N4O4. The average Bonchev–Trinajstić information content (AvgIpc) is 2.97. The fourth-order valence-electron chi connectivity index (χ4n) is 5.62. The van der Waals surface area contributed by atoms with Gasteiger partial charge in [0.2, 0.25) is 5.91 Å². The summed E-state index contributed by atoms with van der Waals surface area (Å²) in [5.74, 6) is 1.17. The van der Waals surface area contributed by atoms with Gasteiger partial charge < -0.3 is 25.0 Å². The second-order valence-electron chi connectivity index (χ2n) is 11.1. The molecule has 1 saturated carbocycles. The molecule has 1 aromatic heterocycles. The van der Waals surface area contributed by atoms with Crippen LogP contribution in [0.3, 0.4) is 0 Å². The van der Waals surface area contributed by atoms with E-state index in [2.05, 4.69) is 29.2 Å². The third-order valence-electron chi connectivity index (χ3n) is 7.90. The quantitative estimate of drug-likeness (QED) is 0.544. The number of nitrogens with zero attached hydrogens (tertiary/aromatic N) is 3. The zero-order valence-corrected chi connectivity index (χ0v) is 22.9. The molecule has 0 saturated heterocycles. The van der Waals surface area contributed by atoms with E-state index in [9.17, 15) is 14.7 Å². The number of aliphatic hydroxyl groups excluding tert-OH is 1. The van der Waals surface area contributed by atoms with Crippen LogP contribution in [0.1, 0.15) is 61.9 Å². The molecule has 8 heteroatoms. The SMILES string of the molecule is C[C@@H]1CN([C@H](C)CO)C(=O)Cc2cc(NC(=O)c3ccncc3)ccc2O[C@H]1CN(C)CC1CCCCC1. The highest BCUT2D eigenvalue weighted by molar-refractivity contribution is 6.04. The number of hydrogen-bond donors (Lipinski definition) is 2. The minimum absolute atomic E-state index is 0.0583. The number of fused-ring (bicyclic) bond motifs is 1. The molecule has 1 fully saturated rings. The summed E-state index contributed by atoms with van der Waals surface area (Å²) < 4.78 is 6.64. The predicted molar refractivity (Wildman–Crippen MR) is 148 cm³/mol. The predicted octanol–water partition coefficient (Wildman–Crippen LogP) is 4.00. The molecule has 206 valence electrons. The minimum atomic E-state index is -0.290. The van der Waals surface area contributed by atoms with Crippen LogP contribution in [-0.2, 0) is 11.2 Å². The van der Waals surface area contributed by atoms with Crippen LogP contribution >= 0.6 is 0 Å². The van der Waals surface area contributed by atoms with Crippen LogP contribution in [0.2, 0.25) is 0 Å². The molecule has 1 aliphatic carbocycles. The number of aromatic nitrogens is 1. The van der Waals surface area contributed by atoms with Crippen LogP contribution < -0.4 is 10.1 Å². The van der Waals surface area contributed by atoms with Gasteiger partial charge in [-0.25, -0.2) is 0 Å². The number of carbonyl (C=O) groups excluding carboxylic acids is 2. The van der Waals surface area contributed by atoms with Crippen LogP contribution in [0.15, 0.2) is 42.7 Å².